The Labute approximate surface area is 175 Å². The summed E-state index contributed by atoms with van der Waals surface area (Å²) in [5.41, 5.74) is 3.26. The molecule has 1 aliphatic rings. The highest BCUT2D eigenvalue weighted by molar-refractivity contribution is 5.95. The quantitative estimate of drug-likeness (QED) is 0.716. The van der Waals surface area contributed by atoms with Gasteiger partial charge in [0.2, 0.25) is 0 Å². The van der Waals surface area contributed by atoms with Crippen molar-refractivity contribution in [2.24, 2.45) is 0 Å². The molecule has 3 heterocycles. The number of aromatic nitrogens is 2. The fourth-order valence-corrected chi connectivity index (χ4v) is 3.41. The Hall–Kier alpha value is -3.80. The van der Waals surface area contributed by atoms with Gasteiger partial charge in [-0.3, -0.25) is 19.6 Å². The highest BCUT2D eigenvalue weighted by Crippen LogP contribution is 2.16. The predicted molar refractivity (Wildman–Crippen MR) is 116 cm³/mol. The summed E-state index contributed by atoms with van der Waals surface area (Å²) in [6.07, 6.45) is 11.4. The third kappa shape index (κ3) is 4.78. The molecule has 150 valence electrons. The second kappa shape index (κ2) is 9.13. The number of nitrogens with one attached hydrogen (secondary N) is 1. The van der Waals surface area contributed by atoms with Crippen LogP contribution in [0.3, 0.4) is 0 Å². The van der Waals surface area contributed by atoms with Crippen LogP contribution in [0.25, 0.3) is 12.2 Å². The van der Waals surface area contributed by atoms with Crippen LogP contribution >= 0.6 is 0 Å². The van der Waals surface area contributed by atoms with E-state index in [1.54, 1.807) is 35.6 Å². The number of benzene rings is 1. The van der Waals surface area contributed by atoms with E-state index < -0.39 is 0 Å². The van der Waals surface area contributed by atoms with Gasteiger partial charge in [0.15, 0.2) is 0 Å². The van der Waals surface area contributed by atoms with Gasteiger partial charge >= 0.3 is 0 Å². The fraction of sp³-hybridized carbons (Fsp3) is 0.167. The molecule has 0 spiro atoms. The standard InChI is InChI=1S/C24H22N4O2/c29-23(21-2-1-12-26-16-21)27-22-11-15-28(17-22)24(30)20-7-5-18(6-8-20)3-4-19-9-13-25-14-10-19/h1-10,12-14,16,22H,11,15,17H2,(H,27,29). The molecule has 6 heteroatoms. The van der Waals surface area contributed by atoms with Crippen LogP contribution in [0.1, 0.15) is 38.3 Å². The summed E-state index contributed by atoms with van der Waals surface area (Å²) in [6, 6.07) is 14.8. The number of hydrogen-bond donors (Lipinski definition) is 1. The number of amides is 2. The number of carbonyl (C=O) groups is 2. The lowest BCUT2D eigenvalue weighted by Crippen LogP contribution is -2.38. The average molecular weight is 398 g/mol. The number of rotatable bonds is 5. The molecule has 1 N–H and O–H groups in total. The SMILES string of the molecule is O=C(NC1CCN(C(=O)c2ccc(C=Cc3ccncc3)cc2)C1)c1cccnc1. The van der Waals surface area contributed by atoms with Crippen molar-refractivity contribution in [2.75, 3.05) is 13.1 Å². The summed E-state index contributed by atoms with van der Waals surface area (Å²) in [6.45, 7) is 1.13. The van der Waals surface area contributed by atoms with Crippen LogP contribution in [0, 0.1) is 0 Å². The van der Waals surface area contributed by atoms with Crippen LogP contribution in [0.15, 0.2) is 73.3 Å². The fourth-order valence-electron chi connectivity index (χ4n) is 3.41. The van der Waals surface area contributed by atoms with Gasteiger partial charge in [-0.15, -0.1) is 0 Å². The summed E-state index contributed by atoms with van der Waals surface area (Å²) < 4.78 is 0. The van der Waals surface area contributed by atoms with Crippen molar-refractivity contribution in [1.82, 2.24) is 20.2 Å². The summed E-state index contributed by atoms with van der Waals surface area (Å²) in [4.78, 5) is 34.9. The Kier molecular flexibility index (Phi) is 5.94. The molecule has 0 saturated carbocycles. The van der Waals surface area contributed by atoms with Crippen molar-refractivity contribution in [3.8, 4) is 0 Å². The van der Waals surface area contributed by atoms with Crippen LogP contribution in [0.4, 0.5) is 0 Å². The first-order valence-electron chi connectivity index (χ1n) is 9.87. The molecule has 1 saturated heterocycles. The molecule has 4 rings (SSSR count). The second-order valence-corrected chi connectivity index (χ2v) is 7.19. The van der Waals surface area contributed by atoms with E-state index in [1.807, 2.05) is 48.6 Å². The molecule has 0 radical (unpaired) electrons. The van der Waals surface area contributed by atoms with E-state index in [2.05, 4.69) is 15.3 Å². The monoisotopic (exact) mass is 398 g/mol. The lowest BCUT2D eigenvalue weighted by atomic mass is 10.1. The third-order valence-electron chi connectivity index (χ3n) is 5.07. The first kappa shape index (κ1) is 19.5. The minimum atomic E-state index is -0.160. The average Bonchev–Trinajstić information content (AvgIpc) is 3.27. The first-order valence-corrected chi connectivity index (χ1v) is 9.87. The Morgan fingerprint density at radius 1 is 0.900 bits per heavy atom. The maximum Gasteiger partial charge on any atom is 0.253 e. The Morgan fingerprint density at radius 3 is 2.33 bits per heavy atom. The number of nitrogens with zero attached hydrogens (tertiary/aromatic N) is 3. The van der Waals surface area contributed by atoms with Crippen LogP contribution in [-0.2, 0) is 0 Å². The lowest BCUT2D eigenvalue weighted by molar-refractivity contribution is 0.0783. The van der Waals surface area contributed by atoms with Gasteiger partial charge in [0.1, 0.15) is 0 Å². The van der Waals surface area contributed by atoms with Crippen LogP contribution in [-0.4, -0.2) is 45.8 Å². The van der Waals surface area contributed by atoms with Gasteiger partial charge in [-0.1, -0.05) is 24.3 Å². The zero-order valence-electron chi connectivity index (χ0n) is 16.4. The molecular weight excluding hydrogens is 376 g/mol. The van der Waals surface area contributed by atoms with Gasteiger partial charge in [0, 0.05) is 49.5 Å². The molecule has 0 aliphatic carbocycles. The van der Waals surface area contributed by atoms with Crippen molar-refractivity contribution in [2.45, 2.75) is 12.5 Å². The second-order valence-electron chi connectivity index (χ2n) is 7.19. The number of carbonyl (C=O) groups excluding carboxylic acids is 2. The van der Waals surface area contributed by atoms with E-state index in [4.69, 9.17) is 0 Å². The normalized spacial score (nSPS) is 16.0. The van der Waals surface area contributed by atoms with E-state index in [0.29, 0.717) is 24.2 Å². The summed E-state index contributed by atoms with van der Waals surface area (Å²) >= 11 is 0. The third-order valence-corrected chi connectivity index (χ3v) is 5.07. The van der Waals surface area contributed by atoms with E-state index in [0.717, 1.165) is 17.5 Å². The zero-order chi connectivity index (χ0) is 20.8. The predicted octanol–water partition coefficient (Wildman–Crippen LogP) is 3.29. The van der Waals surface area contributed by atoms with Gasteiger partial charge < -0.3 is 10.2 Å². The largest absolute Gasteiger partial charge is 0.347 e. The molecule has 2 aromatic heterocycles. The molecule has 1 aromatic carbocycles. The molecule has 1 atom stereocenters. The Balaban J connectivity index is 1.33. The van der Waals surface area contributed by atoms with Crippen LogP contribution < -0.4 is 5.32 Å². The first-order chi connectivity index (χ1) is 14.7. The number of pyridine rings is 2. The maximum atomic E-state index is 12.8. The number of hydrogen-bond acceptors (Lipinski definition) is 4. The van der Waals surface area contributed by atoms with Crippen molar-refractivity contribution in [3.05, 3.63) is 95.6 Å². The smallest absolute Gasteiger partial charge is 0.253 e. The minimum Gasteiger partial charge on any atom is -0.347 e. The zero-order valence-corrected chi connectivity index (χ0v) is 16.4. The van der Waals surface area contributed by atoms with Crippen molar-refractivity contribution < 1.29 is 9.59 Å². The summed E-state index contributed by atoms with van der Waals surface area (Å²) in [5.74, 6) is -0.175. The maximum absolute atomic E-state index is 12.8. The van der Waals surface area contributed by atoms with Crippen molar-refractivity contribution in [3.63, 3.8) is 0 Å². The Morgan fingerprint density at radius 2 is 1.63 bits per heavy atom. The summed E-state index contributed by atoms with van der Waals surface area (Å²) in [7, 11) is 0. The molecule has 30 heavy (non-hydrogen) atoms. The summed E-state index contributed by atoms with van der Waals surface area (Å²) in [5, 5.41) is 2.99. The molecule has 2 amide bonds. The van der Waals surface area contributed by atoms with Gasteiger partial charge in [-0.25, -0.2) is 0 Å². The van der Waals surface area contributed by atoms with E-state index in [-0.39, 0.29) is 17.9 Å². The molecule has 1 aliphatic heterocycles. The van der Waals surface area contributed by atoms with Crippen molar-refractivity contribution in [1.29, 1.82) is 0 Å². The highest BCUT2D eigenvalue weighted by Gasteiger charge is 2.28. The molecule has 6 nitrogen and oxygen atoms in total. The van der Waals surface area contributed by atoms with Crippen LogP contribution in [0.2, 0.25) is 0 Å². The molecule has 0 bridgehead atoms. The molecule has 3 aromatic rings. The van der Waals surface area contributed by atoms with Gasteiger partial charge in [-0.05, 0) is 53.9 Å². The minimum absolute atomic E-state index is 0.0159. The van der Waals surface area contributed by atoms with E-state index in [9.17, 15) is 9.59 Å². The van der Waals surface area contributed by atoms with Gasteiger partial charge in [0.25, 0.3) is 11.8 Å². The van der Waals surface area contributed by atoms with Crippen molar-refractivity contribution >= 4 is 24.0 Å². The van der Waals surface area contributed by atoms with E-state index in [1.165, 1.54) is 6.20 Å². The molecule has 1 unspecified atom stereocenters. The topological polar surface area (TPSA) is 75.2 Å². The van der Waals surface area contributed by atoms with E-state index >= 15 is 0 Å². The van der Waals surface area contributed by atoms with Crippen LogP contribution in [0.5, 0.6) is 0 Å². The molecule has 1 fully saturated rings. The highest BCUT2D eigenvalue weighted by atomic mass is 16.2. The van der Waals surface area contributed by atoms with Gasteiger partial charge in [0.05, 0.1) is 5.56 Å². The Bertz CT molecular complexity index is 1030. The number of likely N-dealkylation sites (tertiary alicyclic amines) is 1. The molecular formula is C24H22N4O2. The van der Waals surface area contributed by atoms with Gasteiger partial charge in [-0.2, -0.15) is 0 Å². The lowest BCUT2D eigenvalue weighted by Gasteiger charge is -2.17.